The van der Waals surface area contributed by atoms with Crippen molar-refractivity contribution < 1.29 is 5.11 Å². The van der Waals surface area contributed by atoms with Crippen LogP contribution in [0.1, 0.15) is 11.3 Å². The van der Waals surface area contributed by atoms with Crippen LogP contribution in [-0.4, -0.2) is 21.5 Å². The molecule has 2 rings (SSSR count). The standard InChI is InChI=1S/C7H11N3O.ClH/c11-2-1-10-7-5-8-3-6(7)4-9-10;/h4,8,11H,1-3,5H2;1H. The van der Waals surface area contributed by atoms with Gasteiger partial charge in [-0.3, -0.25) is 4.68 Å². The van der Waals surface area contributed by atoms with Crippen molar-refractivity contribution in [2.24, 2.45) is 0 Å². The normalized spacial score (nSPS) is 14.1. The Hall–Kier alpha value is -0.580. The van der Waals surface area contributed by atoms with Crippen molar-refractivity contribution in [3.8, 4) is 0 Å². The average Bonchev–Trinajstić information content (AvgIpc) is 2.53. The second kappa shape index (κ2) is 3.89. The van der Waals surface area contributed by atoms with Crippen LogP contribution >= 0.6 is 12.4 Å². The molecule has 0 amide bonds. The van der Waals surface area contributed by atoms with E-state index in [0.29, 0.717) is 6.54 Å². The minimum Gasteiger partial charge on any atom is -0.394 e. The van der Waals surface area contributed by atoms with Gasteiger partial charge >= 0.3 is 0 Å². The lowest BCUT2D eigenvalue weighted by atomic mass is 10.3. The molecule has 0 unspecified atom stereocenters. The molecule has 4 nitrogen and oxygen atoms in total. The SMILES string of the molecule is Cl.OCCn1ncc2c1CNC2. The number of fused-ring (bicyclic) bond motifs is 1. The van der Waals surface area contributed by atoms with Crippen molar-refractivity contribution in [1.82, 2.24) is 15.1 Å². The molecule has 0 radical (unpaired) electrons. The van der Waals surface area contributed by atoms with Gasteiger partial charge in [0, 0.05) is 18.7 Å². The second-order valence-electron chi connectivity index (χ2n) is 2.67. The summed E-state index contributed by atoms with van der Waals surface area (Å²) in [6.45, 7) is 2.57. The number of halogens is 1. The van der Waals surface area contributed by atoms with E-state index in [0.717, 1.165) is 13.1 Å². The number of aromatic nitrogens is 2. The third-order valence-corrected chi connectivity index (χ3v) is 1.95. The summed E-state index contributed by atoms with van der Waals surface area (Å²) in [4.78, 5) is 0. The lowest BCUT2D eigenvalue weighted by Gasteiger charge is -2.00. The van der Waals surface area contributed by atoms with Gasteiger partial charge in [0.1, 0.15) is 0 Å². The fourth-order valence-electron chi connectivity index (χ4n) is 1.40. The van der Waals surface area contributed by atoms with Crippen LogP contribution in [0.5, 0.6) is 0 Å². The largest absolute Gasteiger partial charge is 0.394 e. The summed E-state index contributed by atoms with van der Waals surface area (Å²) in [5.41, 5.74) is 2.48. The van der Waals surface area contributed by atoms with Gasteiger partial charge in [-0.2, -0.15) is 5.10 Å². The molecule has 1 aliphatic heterocycles. The summed E-state index contributed by atoms with van der Waals surface area (Å²) in [6.07, 6.45) is 1.87. The predicted molar refractivity (Wildman–Crippen MR) is 47.1 cm³/mol. The van der Waals surface area contributed by atoms with Crippen molar-refractivity contribution in [3.63, 3.8) is 0 Å². The fourth-order valence-corrected chi connectivity index (χ4v) is 1.40. The Kier molecular flexibility index (Phi) is 3.08. The minimum absolute atomic E-state index is 0. The van der Waals surface area contributed by atoms with E-state index in [1.165, 1.54) is 11.3 Å². The van der Waals surface area contributed by atoms with Crippen molar-refractivity contribution >= 4 is 12.4 Å². The van der Waals surface area contributed by atoms with Gasteiger partial charge in [0.05, 0.1) is 25.0 Å². The van der Waals surface area contributed by atoms with Crippen LogP contribution < -0.4 is 5.32 Å². The topological polar surface area (TPSA) is 50.1 Å². The molecule has 0 bridgehead atoms. The summed E-state index contributed by atoms with van der Waals surface area (Å²) < 4.78 is 1.86. The Balaban J connectivity index is 0.000000720. The molecule has 0 spiro atoms. The molecule has 68 valence electrons. The molecule has 1 aromatic heterocycles. The van der Waals surface area contributed by atoms with E-state index >= 15 is 0 Å². The van der Waals surface area contributed by atoms with Crippen LogP contribution in [0.15, 0.2) is 6.20 Å². The Morgan fingerprint density at radius 1 is 1.58 bits per heavy atom. The zero-order chi connectivity index (χ0) is 7.68. The zero-order valence-electron chi connectivity index (χ0n) is 6.66. The molecule has 1 aromatic rings. The van der Waals surface area contributed by atoms with E-state index in [-0.39, 0.29) is 19.0 Å². The van der Waals surface area contributed by atoms with Crippen molar-refractivity contribution in [2.75, 3.05) is 6.61 Å². The van der Waals surface area contributed by atoms with Crippen molar-refractivity contribution in [1.29, 1.82) is 0 Å². The molecule has 0 saturated carbocycles. The summed E-state index contributed by atoms with van der Waals surface area (Å²) in [5, 5.41) is 16.1. The average molecular weight is 190 g/mol. The minimum atomic E-state index is 0. The van der Waals surface area contributed by atoms with Gasteiger partial charge in [0.2, 0.25) is 0 Å². The molecule has 12 heavy (non-hydrogen) atoms. The Labute approximate surface area is 77.0 Å². The molecule has 0 fully saturated rings. The maximum Gasteiger partial charge on any atom is 0.0644 e. The van der Waals surface area contributed by atoms with Gasteiger partial charge in [-0.1, -0.05) is 0 Å². The van der Waals surface area contributed by atoms with Crippen LogP contribution in [0.3, 0.4) is 0 Å². The first-order chi connectivity index (χ1) is 5.42. The molecule has 0 aromatic carbocycles. The van der Waals surface area contributed by atoms with Gasteiger partial charge in [0.25, 0.3) is 0 Å². The van der Waals surface area contributed by atoms with E-state index < -0.39 is 0 Å². The predicted octanol–water partition coefficient (Wildman–Crippen LogP) is -0.0996. The van der Waals surface area contributed by atoms with E-state index in [2.05, 4.69) is 10.4 Å². The molecule has 5 heteroatoms. The van der Waals surface area contributed by atoms with Crippen LogP contribution in [0.25, 0.3) is 0 Å². The number of nitrogens with zero attached hydrogens (tertiary/aromatic N) is 2. The first-order valence-electron chi connectivity index (χ1n) is 3.77. The summed E-state index contributed by atoms with van der Waals surface area (Å²) in [7, 11) is 0. The number of nitrogens with one attached hydrogen (secondary N) is 1. The van der Waals surface area contributed by atoms with Gasteiger partial charge in [0.15, 0.2) is 0 Å². The monoisotopic (exact) mass is 189 g/mol. The van der Waals surface area contributed by atoms with E-state index in [1.807, 2.05) is 10.9 Å². The highest BCUT2D eigenvalue weighted by atomic mass is 35.5. The Bertz CT molecular complexity index is 261. The molecule has 1 aliphatic rings. The number of rotatable bonds is 2. The molecule has 0 aliphatic carbocycles. The number of hydrogen-bond donors (Lipinski definition) is 2. The van der Waals surface area contributed by atoms with E-state index in [9.17, 15) is 0 Å². The first kappa shape index (κ1) is 9.51. The highest BCUT2D eigenvalue weighted by Crippen LogP contribution is 2.13. The maximum absolute atomic E-state index is 8.69. The molecular formula is C7H12ClN3O. The smallest absolute Gasteiger partial charge is 0.0644 e. The van der Waals surface area contributed by atoms with Crippen LogP contribution in [-0.2, 0) is 19.6 Å². The number of aliphatic hydroxyl groups is 1. The quantitative estimate of drug-likeness (QED) is 0.683. The van der Waals surface area contributed by atoms with Crippen LogP contribution in [0.4, 0.5) is 0 Å². The highest BCUT2D eigenvalue weighted by molar-refractivity contribution is 5.85. The third kappa shape index (κ3) is 1.46. The molecule has 2 heterocycles. The molecule has 0 atom stereocenters. The van der Waals surface area contributed by atoms with E-state index in [1.54, 1.807) is 0 Å². The number of hydrogen-bond acceptors (Lipinski definition) is 3. The van der Waals surface area contributed by atoms with Crippen molar-refractivity contribution in [3.05, 3.63) is 17.5 Å². The molecule has 0 saturated heterocycles. The van der Waals surface area contributed by atoms with Gasteiger partial charge in [-0.25, -0.2) is 0 Å². The van der Waals surface area contributed by atoms with Crippen molar-refractivity contribution in [2.45, 2.75) is 19.6 Å². The molecule has 2 N–H and O–H groups in total. The lowest BCUT2D eigenvalue weighted by molar-refractivity contribution is 0.267. The maximum atomic E-state index is 8.69. The highest BCUT2D eigenvalue weighted by Gasteiger charge is 2.14. The van der Waals surface area contributed by atoms with Crippen LogP contribution in [0, 0.1) is 0 Å². The summed E-state index contributed by atoms with van der Waals surface area (Å²) >= 11 is 0. The number of aliphatic hydroxyl groups excluding tert-OH is 1. The fraction of sp³-hybridized carbons (Fsp3) is 0.571. The summed E-state index contributed by atoms with van der Waals surface area (Å²) in [5.74, 6) is 0. The molecular weight excluding hydrogens is 178 g/mol. The second-order valence-corrected chi connectivity index (χ2v) is 2.67. The van der Waals surface area contributed by atoms with E-state index in [4.69, 9.17) is 5.11 Å². The van der Waals surface area contributed by atoms with Gasteiger partial charge in [-0.05, 0) is 0 Å². The first-order valence-corrected chi connectivity index (χ1v) is 3.77. The van der Waals surface area contributed by atoms with Gasteiger partial charge < -0.3 is 10.4 Å². The Morgan fingerprint density at radius 3 is 3.17 bits per heavy atom. The summed E-state index contributed by atoms with van der Waals surface area (Å²) in [6, 6.07) is 0. The van der Waals surface area contributed by atoms with Gasteiger partial charge in [-0.15, -0.1) is 12.4 Å². The zero-order valence-corrected chi connectivity index (χ0v) is 7.47. The van der Waals surface area contributed by atoms with Crippen LogP contribution in [0.2, 0.25) is 0 Å². The Morgan fingerprint density at radius 2 is 2.42 bits per heavy atom. The third-order valence-electron chi connectivity index (χ3n) is 1.95. The lowest BCUT2D eigenvalue weighted by Crippen LogP contribution is -2.10.